The summed E-state index contributed by atoms with van der Waals surface area (Å²) in [7, 11) is 0. The van der Waals surface area contributed by atoms with Crippen LogP contribution in [-0.2, 0) is 0 Å². The van der Waals surface area contributed by atoms with Crippen LogP contribution in [0.5, 0.6) is 0 Å². The van der Waals surface area contributed by atoms with Gasteiger partial charge in [0.25, 0.3) is 0 Å². The third-order valence-corrected chi connectivity index (χ3v) is 3.49. The second kappa shape index (κ2) is 3.30. The molecule has 0 amide bonds. The fourth-order valence-corrected chi connectivity index (χ4v) is 2.70. The van der Waals surface area contributed by atoms with Gasteiger partial charge in [0.1, 0.15) is 0 Å². The zero-order valence-electron chi connectivity index (χ0n) is 7.25. The summed E-state index contributed by atoms with van der Waals surface area (Å²) in [5.41, 5.74) is 5.62. The van der Waals surface area contributed by atoms with Crippen LogP contribution in [0.2, 0.25) is 0 Å². The maximum atomic E-state index is 5.62. The molecular formula is C9H16N2S. The summed E-state index contributed by atoms with van der Waals surface area (Å²) in [6, 6.07) is 1.04. The molecule has 1 aliphatic carbocycles. The minimum atomic E-state index is 0.327. The highest BCUT2D eigenvalue weighted by atomic mass is 32.1. The Morgan fingerprint density at radius 1 is 1.33 bits per heavy atom. The van der Waals surface area contributed by atoms with Crippen LogP contribution in [0.1, 0.15) is 32.1 Å². The van der Waals surface area contributed by atoms with E-state index in [1.807, 2.05) is 0 Å². The van der Waals surface area contributed by atoms with Crippen molar-refractivity contribution in [3.05, 3.63) is 0 Å². The molecule has 2 fully saturated rings. The molecule has 2 rings (SSSR count). The van der Waals surface area contributed by atoms with Gasteiger partial charge in [0.05, 0.1) is 11.0 Å². The van der Waals surface area contributed by atoms with E-state index in [1.54, 1.807) is 0 Å². The quantitative estimate of drug-likeness (QED) is 0.601. The first-order chi connectivity index (χ1) is 5.77. The average Bonchev–Trinajstić information content (AvgIpc) is 2.46. The number of rotatable bonds is 1. The van der Waals surface area contributed by atoms with Crippen LogP contribution in [0.4, 0.5) is 0 Å². The number of hydrogen-bond acceptors (Lipinski definition) is 2. The van der Waals surface area contributed by atoms with E-state index >= 15 is 0 Å². The van der Waals surface area contributed by atoms with Crippen LogP contribution in [0.15, 0.2) is 0 Å². The molecule has 0 aromatic rings. The predicted molar refractivity (Wildman–Crippen MR) is 54.1 cm³/mol. The lowest BCUT2D eigenvalue weighted by molar-refractivity contribution is 0.326. The van der Waals surface area contributed by atoms with E-state index in [-0.39, 0.29) is 0 Å². The van der Waals surface area contributed by atoms with Gasteiger partial charge in [-0.25, -0.2) is 0 Å². The predicted octanol–water partition coefficient (Wildman–Crippen LogP) is 1.19. The van der Waals surface area contributed by atoms with Gasteiger partial charge in [-0.2, -0.15) is 0 Å². The van der Waals surface area contributed by atoms with Crippen LogP contribution in [0, 0.1) is 5.92 Å². The van der Waals surface area contributed by atoms with E-state index in [1.165, 1.54) is 32.1 Å². The van der Waals surface area contributed by atoms with Crippen molar-refractivity contribution in [3.8, 4) is 0 Å². The Balaban J connectivity index is 1.98. The Kier molecular flexibility index (Phi) is 2.33. The molecule has 1 saturated heterocycles. The normalized spacial score (nSPS) is 40.8. The lowest BCUT2D eigenvalue weighted by Crippen LogP contribution is -2.39. The van der Waals surface area contributed by atoms with Crippen molar-refractivity contribution in [2.45, 2.75) is 44.2 Å². The van der Waals surface area contributed by atoms with Crippen molar-refractivity contribution >= 4 is 17.2 Å². The smallest absolute Gasteiger partial charge is 0.0900 e. The summed E-state index contributed by atoms with van der Waals surface area (Å²) in [5.74, 6) is 0.852. The van der Waals surface area contributed by atoms with Gasteiger partial charge >= 0.3 is 0 Å². The number of nitrogens with two attached hydrogens (primary N) is 1. The zero-order chi connectivity index (χ0) is 8.55. The summed E-state index contributed by atoms with van der Waals surface area (Å²) in [6.07, 6.45) is 6.64. The van der Waals surface area contributed by atoms with Crippen molar-refractivity contribution in [1.82, 2.24) is 5.32 Å². The molecule has 0 bridgehead atoms. The molecule has 1 aliphatic heterocycles. The topological polar surface area (TPSA) is 38.0 Å². The lowest BCUT2D eigenvalue weighted by atomic mass is 9.85. The molecule has 68 valence electrons. The Bertz CT molecular complexity index is 179. The maximum Gasteiger partial charge on any atom is 0.0900 e. The van der Waals surface area contributed by atoms with Gasteiger partial charge in [-0.15, -0.1) is 0 Å². The van der Waals surface area contributed by atoms with E-state index < -0.39 is 0 Å². The van der Waals surface area contributed by atoms with E-state index in [4.69, 9.17) is 18.0 Å². The molecule has 12 heavy (non-hydrogen) atoms. The molecule has 0 aromatic heterocycles. The highest BCUT2D eigenvalue weighted by molar-refractivity contribution is 7.80. The third-order valence-electron chi connectivity index (χ3n) is 3.21. The lowest BCUT2D eigenvalue weighted by Gasteiger charge is -2.24. The minimum Gasteiger partial charge on any atom is -0.392 e. The Morgan fingerprint density at radius 2 is 2.08 bits per heavy atom. The number of hydrogen-bond donors (Lipinski definition) is 2. The number of thiocarbonyl (C=S) groups is 1. The van der Waals surface area contributed by atoms with Crippen LogP contribution < -0.4 is 11.1 Å². The molecule has 3 atom stereocenters. The molecule has 3 unspecified atom stereocenters. The number of fused-ring (bicyclic) bond motifs is 1. The first-order valence-corrected chi connectivity index (χ1v) is 5.23. The van der Waals surface area contributed by atoms with E-state index in [0.29, 0.717) is 17.1 Å². The largest absolute Gasteiger partial charge is 0.392 e. The minimum absolute atomic E-state index is 0.327. The van der Waals surface area contributed by atoms with Crippen LogP contribution in [-0.4, -0.2) is 17.1 Å². The van der Waals surface area contributed by atoms with Crippen molar-refractivity contribution in [1.29, 1.82) is 0 Å². The second-order valence-electron chi connectivity index (χ2n) is 4.01. The maximum absolute atomic E-state index is 5.62. The molecule has 3 N–H and O–H groups in total. The van der Waals surface area contributed by atoms with Crippen molar-refractivity contribution in [3.63, 3.8) is 0 Å². The van der Waals surface area contributed by atoms with Gasteiger partial charge in [0, 0.05) is 6.04 Å². The zero-order valence-corrected chi connectivity index (χ0v) is 8.07. The van der Waals surface area contributed by atoms with Crippen molar-refractivity contribution in [2.75, 3.05) is 0 Å². The summed E-state index contributed by atoms with van der Waals surface area (Å²) in [4.78, 5) is 0.657. The molecule has 0 aromatic carbocycles. The van der Waals surface area contributed by atoms with Crippen LogP contribution in [0.25, 0.3) is 0 Å². The van der Waals surface area contributed by atoms with Gasteiger partial charge in [-0.3, -0.25) is 0 Å². The standard InChI is InChI=1S/C9H16N2S/c10-9(12)8-5-6-3-1-2-4-7(6)11-8/h6-8,11H,1-5H2,(H2,10,12). The average molecular weight is 184 g/mol. The highest BCUT2D eigenvalue weighted by Gasteiger charge is 2.35. The van der Waals surface area contributed by atoms with Crippen molar-refractivity contribution < 1.29 is 0 Å². The SMILES string of the molecule is NC(=S)C1CC2CCCCC2N1. The number of nitrogens with one attached hydrogen (secondary N) is 1. The fourth-order valence-electron chi connectivity index (χ4n) is 2.54. The van der Waals surface area contributed by atoms with Crippen LogP contribution >= 0.6 is 12.2 Å². The van der Waals surface area contributed by atoms with Gasteiger partial charge < -0.3 is 11.1 Å². The summed E-state index contributed by atoms with van der Waals surface area (Å²) in [5, 5.41) is 3.53. The molecular weight excluding hydrogens is 168 g/mol. The first-order valence-electron chi connectivity index (χ1n) is 4.83. The first kappa shape index (κ1) is 8.45. The monoisotopic (exact) mass is 184 g/mol. The molecule has 3 heteroatoms. The second-order valence-corrected chi connectivity index (χ2v) is 4.48. The molecule has 0 spiro atoms. The van der Waals surface area contributed by atoms with Crippen molar-refractivity contribution in [2.24, 2.45) is 11.7 Å². The summed E-state index contributed by atoms with van der Waals surface area (Å²) < 4.78 is 0. The molecule has 0 radical (unpaired) electrons. The van der Waals surface area contributed by atoms with E-state index in [9.17, 15) is 0 Å². The van der Waals surface area contributed by atoms with Crippen LogP contribution in [0.3, 0.4) is 0 Å². The van der Waals surface area contributed by atoms with Gasteiger partial charge in [0.2, 0.25) is 0 Å². The van der Waals surface area contributed by atoms with Gasteiger partial charge in [-0.05, 0) is 25.2 Å². The highest BCUT2D eigenvalue weighted by Crippen LogP contribution is 2.33. The van der Waals surface area contributed by atoms with Gasteiger partial charge in [-0.1, -0.05) is 25.1 Å². The molecule has 2 aliphatic rings. The van der Waals surface area contributed by atoms with E-state index in [0.717, 1.165) is 5.92 Å². The molecule has 1 heterocycles. The van der Waals surface area contributed by atoms with E-state index in [2.05, 4.69) is 5.32 Å². The third kappa shape index (κ3) is 1.48. The fraction of sp³-hybridized carbons (Fsp3) is 0.889. The Morgan fingerprint density at radius 3 is 2.75 bits per heavy atom. The Labute approximate surface area is 78.9 Å². The Hall–Kier alpha value is -0.150. The molecule has 1 saturated carbocycles. The van der Waals surface area contributed by atoms with Gasteiger partial charge in [0.15, 0.2) is 0 Å². The summed E-state index contributed by atoms with van der Waals surface area (Å²) >= 11 is 4.99. The summed E-state index contributed by atoms with van der Waals surface area (Å²) in [6.45, 7) is 0. The molecule has 2 nitrogen and oxygen atoms in total.